The average molecular weight is 387 g/mol. The highest BCUT2D eigenvalue weighted by Gasteiger charge is 2.06. The first-order valence-electron chi connectivity index (χ1n) is 9.63. The van der Waals surface area contributed by atoms with E-state index in [4.69, 9.17) is 0 Å². The Kier molecular flexibility index (Phi) is 7.00. The van der Waals surface area contributed by atoms with Gasteiger partial charge in [-0.1, -0.05) is 48.5 Å². The van der Waals surface area contributed by atoms with Gasteiger partial charge in [0.05, 0.1) is 6.54 Å². The van der Waals surface area contributed by atoms with Crippen LogP contribution >= 0.6 is 0 Å². The molecule has 29 heavy (non-hydrogen) atoms. The van der Waals surface area contributed by atoms with E-state index in [1.807, 2.05) is 61.5 Å². The van der Waals surface area contributed by atoms with Gasteiger partial charge < -0.3 is 16.0 Å². The Balaban J connectivity index is 1.48. The third-order valence-electron chi connectivity index (χ3n) is 4.38. The van der Waals surface area contributed by atoms with Gasteiger partial charge in [0.2, 0.25) is 11.8 Å². The van der Waals surface area contributed by atoms with Crippen LogP contribution in [0.25, 0.3) is 0 Å². The molecular weight excluding hydrogens is 362 g/mol. The van der Waals surface area contributed by atoms with Gasteiger partial charge >= 0.3 is 0 Å². The number of benzene rings is 3. The van der Waals surface area contributed by atoms with Crippen LogP contribution < -0.4 is 16.0 Å². The lowest BCUT2D eigenvalue weighted by Gasteiger charge is -2.10. The summed E-state index contributed by atoms with van der Waals surface area (Å²) in [5.41, 5.74) is 4.46. The molecule has 0 radical (unpaired) electrons. The first kappa shape index (κ1) is 20.1. The van der Waals surface area contributed by atoms with Crippen molar-refractivity contribution in [2.75, 3.05) is 22.5 Å². The van der Waals surface area contributed by atoms with E-state index in [0.29, 0.717) is 24.2 Å². The summed E-state index contributed by atoms with van der Waals surface area (Å²) < 4.78 is 0. The highest BCUT2D eigenvalue weighted by Crippen LogP contribution is 2.16. The minimum absolute atomic E-state index is 0.0570. The van der Waals surface area contributed by atoms with E-state index >= 15 is 0 Å². The maximum absolute atomic E-state index is 12.2. The number of carbonyl (C=O) groups is 2. The van der Waals surface area contributed by atoms with Crippen LogP contribution in [0.15, 0.2) is 78.9 Å². The first-order chi connectivity index (χ1) is 14.1. The van der Waals surface area contributed by atoms with Crippen molar-refractivity contribution in [3.8, 4) is 0 Å². The molecule has 0 aliphatic rings. The maximum Gasteiger partial charge on any atom is 0.243 e. The fourth-order valence-corrected chi connectivity index (χ4v) is 2.94. The topological polar surface area (TPSA) is 70.2 Å². The normalized spacial score (nSPS) is 10.2. The van der Waals surface area contributed by atoms with Crippen LogP contribution in [0.4, 0.5) is 17.1 Å². The number of hydrogen-bond acceptors (Lipinski definition) is 3. The monoisotopic (exact) mass is 387 g/mol. The first-order valence-corrected chi connectivity index (χ1v) is 9.63. The molecule has 0 fully saturated rings. The molecule has 3 rings (SSSR count). The molecule has 5 heteroatoms. The standard InChI is InChI=1S/C24H25N3O2/c1-18-7-5-10-20(15-18)25-17-24(29)27-22-12-6-11-21(16-22)26-23(28)14-13-19-8-3-2-4-9-19/h2-12,15-16,25H,13-14,17H2,1H3,(H,26,28)(H,27,29). The Hall–Kier alpha value is -3.60. The molecule has 0 heterocycles. The second-order valence-corrected chi connectivity index (χ2v) is 6.89. The lowest BCUT2D eigenvalue weighted by atomic mass is 10.1. The van der Waals surface area contributed by atoms with Gasteiger partial charge in [0.25, 0.3) is 0 Å². The third kappa shape index (κ3) is 6.81. The van der Waals surface area contributed by atoms with Gasteiger partial charge in [-0.25, -0.2) is 0 Å². The summed E-state index contributed by atoms with van der Waals surface area (Å²) in [7, 11) is 0. The van der Waals surface area contributed by atoms with E-state index in [2.05, 4.69) is 16.0 Å². The minimum atomic E-state index is -0.154. The molecule has 5 nitrogen and oxygen atoms in total. The van der Waals surface area contributed by atoms with E-state index in [-0.39, 0.29) is 18.4 Å². The Morgan fingerprint density at radius 3 is 2.10 bits per heavy atom. The molecule has 0 saturated heterocycles. The maximum atomic E-state index is 12.2. The van der Waals surface area contributed by atoms with Crippen LogP contribution in [-0.4, -0.2) is 18.4 Å². The zero-order valence-electron chi connectivity index (χ0n) is 16.4. The number of hydrogen-bond donors (Lipinski definition) is 3. The van der Waals surface area contributed by atoms with Crippen molar-refractivity contribution in [3.63, 3.8) is 0 Å². The number of nitrogens with one attached hydrogen (secondary N) is 3. The largest absolute Gasteiger partial charge is 0.376 e. The smallest absolute Gasteiger partial charge is 0.243 e. The second-order valence-electron chi connectivity index (χ2n) is 6.89. The molecule has 3 N–H and O–H groups in total. The van der Waals surface area contributed by atoms with Gasteiger partial charge in [-0.05, 0) is 54.8 Å². The zero-order chi connectivity index (χ0) is 20.5. The van der Waals surface area contributed by atoms with E-state index in [0.717, 1.165) is 16.8 Å². The molecule has 0 unspecified atom stereocenters. The summed E-state index contributed by atoms with van der Waals surface area (Å²) in [6, 6.07) is 24.9. The third-order valence-corrected chi connectivity index (χ3v) is 4.38. The molecule has 148 valence electrons. The summed E-state index contributed by atoms with van der Waals surface area (Å²) in [6.07, 6.45) is 1.09. The highest BCUT2D eigenvalue weighted by molar-refractivity contribution is 5.95. The van der Waals surface area contributed by atoms with Crippen LogP contribution in [0, 0.1) is 6.92 Å². The fraction of sp³-hybridized carbons (Fsp3) is 0.167. The lowest BCUT2D eigenvalue weighted by molar-refractivity contribution is -0.116. The number of carbonyl (C=O) groups excluding carboxylic acids is 2. The lowest BCUT2D eigenvalue weighted by Crippen LogP contribution is -2.21. The number of amides is 2. The SMILES string of the molecule is Cc1cccc(NCC(=O)Nc2cccc(NC(=O)CCc3ccccc3)c2)c1. The molecule has 3 aromatic carbocycles. The van der Waals surface area contributed by atoms with Crippen molar-refractivity contribution in [1.29, 1.82) is 0 Å². The quantitative estimate of drug-likeness (QED) is 0.528. The molecule has 0 aliphatic carbocycles. The molecule has 0 bridgehead atoms. The highest BCUT2D eigenvalue weighted by atomic mass is 16.2. The summed E-state index contributed by atoms with van der Waals surface area (Å²) in [5.74, 6) is -0.211. The zero-order valence-corrected chi connectivity index (χ0v) is 16.4. The van der Waals surface area contributed by atoms with Crippen LogP contribution in [0.1, 0.15) is 17.5 Å². The number of aryl methyl sites for hydroxylation is 2. The Morgan fingerprint density at radius 2 is 1.38 bits per heavy atom. The van der Waals surface area contributed by atoms with Gasteiger partial charge in [-0.2, -0.15) is 0 Å². The van der Waals surface area contributed by atoms with Crippen molar-refractivity contribution in [2.45, 2.75) is 19.8 Å². The van der Waals surface area contributed by atoms with E-state index < -0.39 is 0 Å². The van der Waals surface area contributed by atoms with E-state index in [1.165, 1.54) is 0 Å². The van der Waals surface area contributed by atoms with E-state index in [9.17, 15) is 9.59 Å². The van der Waals surface area contributed by atoms with Crippen molar-refractivity contribution >= 4 is 28.9 Å². The predicted molar refractivity (Wildman–Crippen MR) is 118 cm³/mol. The van der Waals surface area contributed by atoms with Crippen LogP contribution in [0.2, 0.25) is 0 Å². The number of anilines is 3. The molecule has 3 aromatic rings. The fourth-order valence-electron chi connectivity index (χ4n) is 2.94. The second kappa shape index (κ2) is 10.1. The minimum Gasteiger partial charge on any atom is -0.376 e. The summed E-state index contributed by atoms with van der Waals surface area (Å²) >= 11 is 0. The Morgan fingerprint density at radius 1 is 0.724 bits per heavy atom. The molecule has 0 saturated carbocycles. The van der Waals surface area contributed by atoms with Gasteiger partial charge in [0, 0.05) is 23.5 Å². The Labute approximate surface area is 171 Å². The van der Waals surface area contributed by atoms with Gasteiger partial charge in [-0.15, -0.1) is 0 Å². The average Bonchev–Trinajstić information content (AvgIpc) is 2.72. The van der Waals surface area contributed by atoms with Crippen LogP contribution in [0.3, 0.4) is 0 Å². The number of rotatable bonds is 8. The predicted octanol–water partition coefficient (Wildman–Crippen LogP) is 4.62. The van der Waals surface area contributed by atoms with Crippen molar-refractivity contribution < 1.29 is 9.59 Å². The summed E-state index contributed by atoms with van der Waals surface area (Å²) in [6.45, 7) is 2.17. The van der Waals surface area contributed by atoms with Crippen LogP contribution in [0.5, 0.6) is 0 Å². The molecule has 2 amide bonds. The summed E-state index contributed by atoms with van der Waals surface area (Å²) in [4.78, 5) is 24.4. The van der Waals surface area contributed by atoms with Crippen LogP contribution in [-0.2, 0) is 16.0 Å². The van der Waals surface area contributed by atoms with Gasteiger partial charge in [0.15, 0.2) is 0 Å². The van der Waals surface area contributed by atoms with Crippen molar-refractivity contribution in [2.24, 2.45) is 0 Å². The molecule has 0 atom stereocenters. The molecular formula is C24H25N3O2. The van der Waals surface area contributed by atoms with Crippen molar-refractivity contribution in [1.82, 2.24) is 0 Å². The van der Waals surface area contributed by atoms with Gasteiger partial charge in [-0.3, -0.25) is 9.59 Å². The Bertz CT molecular complexity index is 971. The van der Waals surface area contributed by atoms with Gasteiger partial charge in [0.1, 0.15) is 0 Å². The van der Waals surface area contributed by atoms with Crippen molar-refractivity contribution in [3.05, 3.63) is 90.0 Å². The molecule has 0 aliphatic heterocycles. The van der Waals surface area contributed by atoms with E-state index in [1.54, 1.807) is 24.3 Å². The molecule has 0 aromatic heterocycles. The summed E-state index contributed by atoms with van der Waals surface area (Å²) in [5, 5.41) is 8.83. The molecule has 0 spiro atoms.